The lowest BCUT2D eigenvalue weighted by molar-refractivity contribution is -0.0566. The largest absolute Gasteiger partial charge is 0.385 e. The van der Waals surface area contributed by atoms with Crippen LogP contribution >= 0.6 is 11.6 Å². The fourth-order valence-electron chi connectivity index (χ4n) is 5.98. The van der Waals surface area contributed by atoms with E-state index in [4.69, 9.17) is 16.3 Å². The van der Waals surface area contributed by atoms with Crippen LogP contribution in [-0.4, -0.2) is 68.4 Å². The zero-order chi connectivity index (χ0) is 26.9. The summed E-state index contributed by atoms with van der Waals surface area (Å²) in [5.74, 6) is -2.49. The molecule has 1 aromatic carbocycles. The van der Waals surface area contributed by atoms with Crippen molar-refractivity contribution in [3.8, 4) is 0 Å². The van der Waals surface area contributed by atoms with Crippen molar-refractivity contribution in [2.45, 2.75) is 81.8 Å². The molecule has 37 heavy (non-hydrogen) atoms. The van der Waals surface area contributed by atoms with Gasteiger partial charge in [0.15, 0.2) is 0 Å². The molecule has 1 heterocycles. The number of halogens is 3. The lowest BCUT2D eigenvalue weighted by Crippen LogP contribution is -2.54. The molecule has 2 aliphatic rings. The molecule has 1 aliphatic carbocycles. The molecule has 1 aliphatic heterocycles. The number of hydrogen-bond acceptors (Lipinski definition) is 4. The molecule has 3 N–H and O–H groups in total. The van der Waals surface area contributed by atoms with Gasteiger partial charge in [0, 0.05) is 63.2 Å². The molecule has 0 aromatic heterocycles. The third-order valence-electron chi connectivity index (χ3n) is 8.10. The van der Waals surface area contributed by atoms with Gasteiger partial charge in [-0.3, -0.25) is 0 Å². The number of unbranched alkanes of at least 4 members (excludes halogenated alkanes) is 1. The van der Waals surface area contributed by atoms with Gasteiger partial charge >= 0.3 is 6.03 Å². The Bertz CT molecular complexity index is 852. The number of methoxy groups -OCH3 is 1. The lowest BCUT2D eigenvalue weighted by atomic mass is 9.74. The van der Waals surface area contributed by atoms with E-state index in [2.05, 4.69) is 10.6 Å². The number of hydrogen-bond donors (Lipinski definition) is 3. The molecule has 0 spiro atoms. The van der Waals surface area contributed by atoms with Crippen LogP contribution in [0.15, 0.2) is 24.3 Å². The number of alkyl halides is 2. The lowest BCUT2D eigenvalue weighted by Gasteiger charge is -2.43. The van der Waals surface area contributed by atoms with Gasteiger partial charge in [-0.2, -0.15) is 0 Å². The second kappa shape index (κ2) is 14.1. The van der Waals surface area contributed by atoms with Crippen LogP contribution in [-0.2, 0) is 10.3 Å². The summed E-state index contributed by atoms with van der Waals surface area (Å²) in [6.45, 7) is 2.29. The van der Waals surface area contributed by atoms with E-state index in [0.717, 1.165) is 31.2 Å². The zero-order valence-electron chi connectivity index (χ0n) is 22.3. The number of rotatable bonds is 12. The summed E-state index contributed by atoms with van der Waals surface area (Å²) in [5.41, 5.74) is -0.318. The summed E-state index contributed by atoms with van der Waals surface area (Å²) in [6, 6.07) is 7.11. The van der Waals surface area contributed by atoms with Crippen LogP contribution in [0.25, 0.3) is 0 Å². The van der Waals surface area contributed by atoms with E-state index in [-0.39, 0.29) is 36.8 Å². The molecule has 0 unspecified atom stereocenters. The van der Waals surface area contributed by atoms with Gasteiger partial charge in [0.25, 0.3) is 0 Å². The number of amides is 2. The van der Waals surface area contributed by atoms with Crippen LogP contribution in [0.3, 0.4) is 0 Å². The monoisotopic (exact) mass is 543 g/mol. The molecular weight excluding hydrogens is 500 g/mol. The quantitative estimate of drug-likeness (QED) is 0.301. The van der Waals surface area contributed by atoms with Crippen LogP contribution in [0.5, 0.6) is 0 Å². The number of likely N-dealkylation sites (tertiary alicyclic amines) is 1. The van der Waals surface area contributed by atoms with E-state index in [1.54, 1.807) is 18.1 Å². The highest BCUT2D eigenvalue weighted by Crippen LogP contribution is 2.41. The minimum atomic E-state index is -2.55. The van der Waals surface area contributed by atoms with Crippen molar-refractivity contribution in [1.29, 1.82) is 0 Å². The summed E-state index contributed by atoms with van der Waals surface area (Å²) in [5, 5.41) is 18.9. The number of likely N-dealkylation sites (N-methyl/N-ethyl adjacent to an activating group) is 1. The Morgan fingerprint density at radius 1 is 1.30 bits per heavy atom. The maximum Gasteiger partial charge on any atom is 0.317 e. The molecule has 1 aromatic rings. The van der Waals surface area contributed by atoms with Crippen LogP contribution in [0, 0.1) is 11.8 Å². The maximum absolute atomic E-state index is 13.6. The first-order valence-corrected chi connectivity index (χ1v) is 14.1. The Labute approximate surface area is 225 Å². The minimum absolute atomic E-state index is 0.0713. The SMILES string of the molecule is CNC[C@H](CC1CCC(F)(F)CC1)NC(=O)N1CCC[C@@H]([C@@](O)(CCCCOC)c2cccc(Cl)c2)C1. The molecule has 0 bridgehead atoms. The van der Waals surface area contributed by atoms with Crippen molar-refractivity contribution in [2.75, 3.05) is 40.4 Å². The van der Waals surface area contributed by atoms with Gasteiger partial charge in [0.05, 0.1) is 5.60 Å². The minimum Gasteiger partial charge on any atom is -0.385 e. The van der Waals surface area contributed by atoms with Gasteiger partial charge in [-0.05, 0) is 82.0 Å². The van der Waals surface area contributed by atoms with Crippen LogP contribution in [0.2, 0.25) is 5.02 Å². The predicted molar refractivity (Wildman–Crippen MR) is 143 cm³/mol. The van der Waals surface area contributed by atoms with E-state index in [9.17, 15) is 18.7 Å². The first-order chi connectivity index (χ1) is 17.7. The number of ether oxygens (including phenoxy) is 1. The third kappa shape index (κ3) is 8.77. The second-order valence-electron chi connectivity index (χ2n) is 10.9. The Morgan fingerprint density at radius 3 is 2.73 bits per heavy atom. The number of piperidine rings is 1. The normalized spacial score (nSPS) is 22.9. The molecule has 2 fully saturated rings. The molecule has 3 rings (SSSR count). The van der Waals surface area contributed by atoms with Crippen molar-refractivity contribution in [3.63, 3.8) is 0 Å². The van der Waals surface area contributed by atoms with E-state index in [0.29, 0.717) is 56.9 Å². The van der Waals surface area contributed by atoms with Gasteiger partial charge in [-0.1, -0.05) is 23.7 Å². The van der Waals surface area contributed by atoms with E-state index in [1.165, 1.54) is 0 Å². The molecule has 1 saturated heterocycles. The predicted octanol–water partition coefficient (Wildman–Crippen LogP) is 5.57. The number of nitrogens with zero attached hydrogens (tertiary/aromatic N) is 1. The molecular formula is C28H44ClF2N3O3. The van der Waals surface area contributed by atoms with Crippen molar-refractivity contribution < 1.29 is 23.4 Å². The van der Waals surface area contributed by atoms with E-state index >= 15 is 0 Å². The van der Waals surface area contributed by atoms with Gasteiger partial charge in [-0.15, -0.1) is 0 Å². The number of carbonyl (C=O) groups excluding carboxylic acids is 1. The Morgan fingerprint density at radius 2 is 2.05 bits per heavy atom. The summed E-state index contributed by atoms with van der Waals surface area (Å²) in [4.78, 5) is 15.1. The zero-order valence-corrected chi connectivity index (χ0v) is 23.0. The Kier molecular flexibility index (Phi) is 11.4. The number of benzene rings is 1. The molecule has 0 radical (unpaired) electrons. The number of aliphatic hydroxyl groups is 1. The maximum atomic E-state index is 13.6. The first-order valence-electron chi connectivity index (χ1n) is 13.7. The highest BCUT2D eigenvalue weighted by Gasteiger charge is 2.41. The van der Waals surface area contributed by atoms with Crippen LogP contribution in [0.4, 0.5) is 13.6 Å². The number of nitrogens with one attached hydrogen (secondary N) is 2. The molecule has 2 amide bonds. The summed E-state index contributed by atoms with van der Waals surface area (Å²) in [6.07, 6.45) is 5.34. The second-order valence-corrected chi connectivity index (χ2v) is 11.3. The number of carbonyl (C=O) groups is 1. The number of urea groups is 1. The van der Waals surface area contributed by atoms with Crippen LogP contribution < -0.4 is 10.6 Å². The molecule has 6 nitrogen and oxygen atoms in total. The van der Waals surface area contributed by atoms with Crippen molar-refractivity contribution in [1.82, 2.24) is 15.5 Å². The van der Waals surface area contributed by atoms with Crippen molar-refractivity contribution >= 4 is 17.6 Å². The summed E-state index contributed by atoms with van der Waals surface area (Å²) >= 11 is 6.28. The van der Waals surface area contributed by atoms with Gasteiger partial charge in [0.2, 0.25) is 5.92 Å². The fraction of sp³-hybridized carbons (Fsp3) is 0.750. The Balaban J connectivity index is 1.66. The van der Waals surface area contributed by atoms with Crippen LogP contribution in [0.1, 0.15) is 69.8 Å². The molecule has 3 atom stereocenters. The summed E-state index contributed by atoms with van der Waals surface area (Å²) in [7, 11) is 3.51. The topological polar surface area (TPSA) is 73.8 Å². The standard InChI is InChI=1S/C28H44ClF2N3O3/c1-32-19-25(17-21-10-13-27(30,31)14-11-21)33-26(35)34-15-6-8-23(20-34)28(36,12-3-4-16-37-2)22-7-5-9-24(29)18-22/h5,7,9,18,21,23,25,32,36H,3-4,6,8,10-17,19-20H2,1-2H3,(H,33,35)/t23-,25+,28-/m1/s1. The van der Waals surface area contributed by atoms with E-state index < -0.39 is 11.5 Å². The van der Waals surface area contributed by atoms with E-state index in [1.807, 2.05) is 25.2 Å². The smallest absolute Gasteiger partial charge is 0.317 e. The average molecular weight is 544 g/mol. The van der Waals surface area contributed by atoms with Gasteiger partial charge in [0.1, 0.15) is 0 Å². The van der Waals surface area contributed by atoms with Gasteiger partial charge in [-0.25, -0.2) is 13.6 Å². The van der Waals surface area contributed by atoms with Crippen molar-refractivity contribution in [2.24, 2.45) is 11.8 Å². The molecule has 210 valence electrons. The third-order valence-corrected chi connectivity index (χ3v) is 8.33. The first kappa shape index (κ1) is 30.1. The van der Waals surface area contributed by atoms with Gasteiger partial charge < -0.3 is 25.4 Å². The summed E-state index contributed by atoms with van der Waals surface area (Å²) < 4.78 is 32.4. The average Bonchev–Trinajstić information content (AvgIpc) is 2.88. The highest BCUT2D eigenvalue weighted by molar-refractivity contribution is 6.30. The highest BCUT2D eigenvalue weighted by atomic mass is 35.5. The van der Waals surface area contributed by atoms with Crippen molar-refractivity contribution in [3.05, 3.63) is 34.9 Å². The Hall–Kier alpha value is -1.48. The molecule has 1 saturated carbocycles. The fourth-order valence-corrected chi connectivity index (χ4v) is 6.17. The molecule has 9 heteroatoms.